The standard InChI is InChI=1S/C23H21ClN4O4S2/c1-15-11-21(20(12-19(15)24)33-14-16-7-3-2-4-8-16)34(31,32)28-23(25)27-26-13-17-9-5-6-10-18(17)22(29)30/h2-13H,14H2,1H3,(H,29,30)(H3,25,27,28)/b26-13+. The highest BCUT2D eigenvalue weighted by atomic mass is 35.5. The molecule has 0 spiro atoms. The highest BCUT2D eigenvalue weighted by Crippen LogP contribution is 2.34. The number of rotatable bonds is 8. The van der Waals surface area contributed by atoms with Crippen molar-refractivity contribution >= 4 is 51.5 Å². The first-order chi connectivity index (χ1) is 16.2. The summed E-state index contributed by atoms with van der Waals surface area (Å²) in [6, 6.07) is 18.8. The number of aryl methyl sites for hydroxylation is 1. The van der Waals surface area contributed by atoms with Gasteiger partial charge in [0, 0.05) is 21.2 Å². The van der Waals surface area contributed by atoms with Crippen molar-refractivity contribution < 1.29 is 18.3 Å². The number of thioether (sulfide) groups is 1. The van der Waals surface area contributed by atoms with Gasteiger partial charge in [-0.15, -0.1) is 16.2 Å². The number of hydrogen-bond donors (Lipinski definition) is 3. The van der Waals surface area contributed by atoms with Crippen molar-refractivity contribution in [3.05, 3.63) is 94.0 Å². The number of carboxylic acids is 1. The molecule has 0 fully saturated rings. The van der Waals surface area contributed by atoms with E-state index in [-0.39, 0.29) is 10.5 Å². The summed E-state index contributed by atoms with van der Waals surface area (Å²) in [6.07, 6.45) is 1.21. The van der Waals surface area contributed by atoms with E-state index in [1.54, 1.807) is 31.2 Å². The van der Waals surface area contributed by atoms with E-state index in [4.69, 9.17) is 17.3 Å². The van der Waals surface area contributed by atoms with E-state index in [1.807, 2.05) is 30.3 Å². The summed E-state index contributed by atoms with van der Waals surface area (Å²) >= 11 is 7.56. The minimum atomic E-state index is -4.20. The number of carbonyl (C=O) groups is 1. The topological polar surface area (TPSA) is 134 Å². The van der Waals surface area contributed by atoms with E-state index < -0.39 is 22.0 Å². The highest BCUT2D eigenvalue weighted by Gasteiger charge is 2.21. The molecule has 3 rings (SSSR count). The maximum absolute atomic E-state index is 13.0. The summed E-state index contributed by atoms with van der Waals surface area (Å²) in [5.74, 6) is -1.06. The fourth-order valence-electron chi connectivity index (χ4n) is 2.86. The van der Waals surface area contributed by atoms with Gasteiger partial charge in [-0.05, 0) is 36.2 Å². The Hall–Kier alpha value is -3.34. The molecule has 11 heteroatoms. The number of halogens is 1. The van der Waals surface area contributed by atoms with E-state index in [1.165, 1.54) is 30.1 Å². The first kappa shape index (κ1) is 25.3. The Bertz CT molecular complexity index is 1360. The van der Waals surface area contributed by atoms with Crippen molar-refractivity contribution in [2.75, 3.05) is 0 Å². The minimum Gasteiger partial charge on any atom is -0.478 e. The molecule has 0 amide bonds. The normalized spacial score (nSPS) is 12.1. The molecular weight excluding hydrogens is 496 g/mol. The number of hydrazone groups is 1. The maximum Gasteiger partial charge on any atom is 0.336 e. The van der Waals surface area contributed by atoms with Crippen LogP contribution in [0.1, 0.15) is 27.0 Å². The molecular formula is C23H21ClN4O4S2. The molecule has 34 heavy (non-hydrogen) atoms. The molecule has 8 nitrogen and oxygen atoms in total. The van der Waals surface area contributed by atoms with Crippen molar-refractivity contribution in [3.8, 4) is 0 Å². The Kier molecular flexibility index (Phi) is 8.32. The minimum absolute atomic E-state index is 0.0275. The zero-order valence-corrected chi connectivity index (χ0v) is 20.4. The molecule has 0 saturated carbocycles. The van der Waals surface area contributed by atoms with Crippen LogP contribution >= 0.6 is 23.4 Å². The van der Waals surface area contributed by atoms with Crippen LogP contribution in [0.2, 0.25) is 5.02 Å². The molecule has 0 heterocycles. The van der Waals surface area contributed by atoms with Gasteiger partial charge in [-0.2, -0.15) is 13.5 Å². The van der Waals surface area contributed by atoms with Crippen LogP contribution in [0.4, 0.5) is 0 Å². The van der Waals surface area contributed by atoms with Crippen molar-refractivity contribution in [2.24, 2.45) is 15.2 Å². The molecule has 4 N–H and O–H groups in total. The van der Waals surface area contributed by atoms with E-state index >= 15 is 0 Å². The van der Waals surface area contributed by atoms with Gasteiger partial charge in [0.1, 0.15) is 4.90 Å². The van der Waals surface area contributed by atoms with Gasteiger partial charge in [0.15, 0.2) is 0 Å². The lowest BCUT2D eigenvalue weighted by Gasteiger charge is -2.11. The number of nitrogens with two attached hydrogens (primary N) is 1. The lowest BCUT2D eigenvalue weighted by atomic mass is 10.1. The first-order valence-electron chi connectivity index (χ1n) is 9.86. The van der Waals surface area contributed by atoms with Crippen LogP contribution < -0.4 is 11.2 Å². The van der Waals surface area contributed by atoms with Crippen LogP contribution in [0.3, 0.4) is 0 Å². The third kappa shape index (κ3) is 6.60. The van der Waals surface area contributed by atoms with Gasteiger partial charge < -0.3 is 10.8 Å². The van der Waals surface area contributed by atoms with E-state index in [0.29, 0.717) is 26.8 Å². The summed E-state index contributed by atoms with van der Waals surface area (Å²) in [5, 5.41) is 13.5. The fraction of sp³-hybridized carbons (Fsp3) is 0.0870. The molecule has 0 aromatic heterocycles. The van der Waals surface area contributed by atoms with Crippen LogP contribution in [0, 0.1) is 6.92 Å². The van der Waals surface area contributed by atoms with Crippen LogP contribution in [0.25, 0.3) is 0 Å². The number of nitrogens with zero attached hydrogens (tertiary/aromatic N) is 2. The average Bonchev–Trinajstić information content (AvgIpc) is 2.80. The molecule has 0 aliphatic carbocycles. The van der Waals surface area contributed by atoms with Crippen LogP contribution in [0.15, 0.2) is 86.0 Å². The molecule has 0 bridgehead atoms. The van der Waals surface area contributed by atoms with Gasteiger partial charge in [0.25, 0.3) is 10.0 Å². The number of benzene rings is 3. The number of carboxylic acid groups (broad SMARTS) is 1. The SMILES string of the molecule is Cc1cc(S(=O)(=O)/N=C(\N)N/N=C/c2ccccc2C(=O)O)c(SCc2ccccc2)cc1Cl. The predicted molar refractivity (Wildman–Crippen MR) is 135 cm³/mol. The third-order valence-corrected chi connectivity index (χ3v) is 7.53. The molecule has 3 aromatic rings. The summed E-state index contributed by atoms with van der Waals surface area (Å²) in [4.78, 5) is 11.7. The molecule has 0 saturated heterocycles. The van der Waals surface area contributed by atoms with Crippen molar-refractivity contribution in [1.29, 1.82) is 0 Å². The van der Waals surface area contributed by atoms with Gasteiger partial charge >= 0.3 is 5.97 Å². The number of guanidine groups is 1. The van der Waals surface area contributed by atoms with Gasteiger partial charge in [-0.3, -0.25) is 0 Å². The van der Waals surface area contributed by atoms with Crippen LogP contribution in [0.5, 0.6) is 0 Å². The molecule has 0 atom stereocenters. The molecule has 0 radical (unpaired) electrons. The number of hydrogen-bond acceptors (Lipinski definition) is 5. The van der Waals surface area contributed by atoms with Gasteiger partial charge in [-0.25, -0.2) is 10.2 Å². The Balaban J connectivity index is 1.83. The van der Waals surface area contributed by atoms with Crippen LogP contribution in [-0.2, 0) is 15.8 Å². The smallest absolute Gasteiger partial charge is 0.336 e. The zero-order valence-electron chi connectivity index (χ0n) is 18.0. The lowest BCUT2D eigenvalue weighted by Crippen LogP contribution is -2.28. The van der Waals surface area contributed by atoms with Crippen LogP contribution in [-0.4, -0.2) is 31.7 Å². The number of sulfonamides is 1. The molecule has 0 aliphatic rings. The maximum atomic E-state index is 13.0. The number of nitrogens with one attached hydrogen (secondary N) is 1. The van der Waals surface area contributed by atoms with E-state index in [0.717, 1.165) is 5.56 Å². The summed E-state index contributed by atoms with van der Waals surface area (Å²) in [6.45, 7) is 1.70. The average molecular weight is 517 g/mol. The number of aromatic carboxylic acids is 1. The first-order valence-corrected chi connectivity index (χ1v) is 12.7. The molecule has 0 unspecified atom stereocenters. The van der Waals surface area contributed by atoms with Crippen molar-refractivity contribution in [3.63, 3.8) is 0 Å². The summed E-state index contributed by atoms with van der Waals surface area (Å²) in [5.41, 5.74) is 10.0. The quantitative estimate of drug-likeness (QED) is 0.176. The van der Waals surface area contributed by atoms with Crippen molar-refractivity contribution in [1.82, 2.24) is 5.43 Å². The van der Waals surface area contributed by atoms with E-state index in [9.17, 15) is 18.3 Å². The van der Waals surface area contributed by atoms with Crippen molar-refractivity contribution in [2.45, 2.75) is 22.5 Å². The lowest BCUT2D eigenvalue weighted by molar-refractivity contribution is 0.0696. The Labute approximate surface area is 206 Å². The molecule has 3 aromatic carbocycles. The van der Waals surface area contributed by atoms with E-state index in [2.05, 4.69) is 14.9 Å². The monoisotopic (exact) mass is 516 g/mol. The second kappa shape index (κ2) is 11.2. The zero-order chi connectivity index (χ0) is 24.7. The summed E-state index contributed by atoms with van der Waals surface area (Å²) in [7, 11) is -4.20. The highest BCUT2D eigenvalue weighted by molar-refractivity contribution is 7.99. The fourth-order valence-corrected chi connectivity index (χ4v) is 5.53. The second-order valence-electron chi connectivity index (χ2n) is 7.04. The Morgan fingerprint density at radius 2 is 1.82 bits per heavy atom. The Morgan fingerprint density at radius 3 is 2.53 bits per heavy atom. The predicted octanol–water partition coefficient (Wildman–Crippen LogP) is 4.27. The third-order valence-electron chi connectivity index (χ3n) is 4.53. The largest absolute Gasteiger partial charge is 0.478 e. The molecule has 176 valence electrons. The van der Waals surface area contributed by atoms with Gasteiger partial charge in [-0.1, -0.05) is 60.1 Å². The second-order valence-corrected chi connectivity index (χ2v) is 10.0. The van der Waals surface area contributed by atoms with Gasteiger partial charge in [0.05, 0.1) is 11.8 Å². The Morgan fingerprint density at radius 1 is 1.15 bits per heavy atom. The summed E-state index contributed by atoms with van der Waals surface area (Å²) < 4.78 is 29.7. The molecule has 0 aliphatic heterocycles. The van der Waals surface area contributed by atoms with Gasteiger partial charge in [0.2, 0.25) is 5.96 Å².